The first-order valence-corrected chi connectivity index (χ1v) is 29.0. The Balaban J connectivity index is 0.932. The van der Waals surface area contributed by atoms with E-state index in [4.69, 9.17) is 15.0 Å². The van der Waals surface area contributed by atoms with Crippen molar-refractivity contribution in [2.24, 2.45) is 0 Å². The largest absolute Gasteiger partial charge is 0.311 e. The van der Waals surface area contributed by atoms with Crippen molar-refractivity contribution in [2.45, 2.75) is 0 Å². The SMILES string of the molecule is c1ccc(-c2nc(-c3ccccc3)nc(-c3ccc(-n4c5ccccc5c5c6sc7ccccc7c6ccc54)c(-c4cccc(-c5ccc6c7c5N(c5ccccc5)c5ccccc5B7c5ccccc5N6c5ccccc5)c4)c3)n2)cc1. The van der Waals surface area contributed by atoms with Crippen molar-refractivity contribution in [1.82, 2.24) is 19.5 Å². The molecule has 12 aromatic carbocycles. The highest BCUT2D eigenvalue weighted by molar-refractivity contribution is 7.26. The van der Waals surface area contributed by atoms with Crippen LogP contribution in [0.5, 0.6) is 0 Å². The Labute approximate surface area is 484 Å². The molecule has 15 aromatic rings. The summed E-state index contributed by atoms with van der Waals surface area (Å²) >= 11 is 1.88. The molecule has 0 saturated carbocycles. The van der Waals surface area contributed by atoms with Crippen LogP contribution in [0, 0.1) is 0 Å². The number of para-hydroxylation sites is 5. The zero-order chi connectivity index (χ0) is 54.5. The van der Waals surface area contributed by atoms with Gasteiger partial charge in [-0.05, 0) is 112 Å². The third kappa shape index (κ3) is 7.46. The standard InChI is InChI=1S/C75H47BN6S/c1-5-22-48(23-6-1)73-77-74(49-24-7-2-8-25-49)79-75(78-73)52-40-43-63(82-62-36-17-13-33-58(62)69-66(82)44-42-57-56-32-14-20-39-68(56)83-72(57)69)59(47-52)51-27-21-26-50(46-51)55-41-45-67-70-71(55)81(54-30-11-4-12-31-54)65-38-19-16-35-61(65)76(70)60-34-15-18-37-64(60)80(67)53-28-9-3-10-29-53/h1-47H. The van der Waals surface area contributed by atoms with Crippen molar-refractivity contribution >= 4 is 111 Å². The molecule has 0 aliphatic carbocycles. The van der Waals surface area contributed by atoms with Crippen molar-refractivity contribution in [1.29, 1.82) is 0 Å². The second-order valence-corrected chi connectivity index (χ2v) is 22.5. The van der Waals surface area contributed by atoms with E-state index in [1.807, 2.05) is 47.7 Å². The first-order valence-electron chi connectivity index (χ1n) is 28.2. The van der Waals surface area contributed by atoms with Crippen LogP contribution in [0.25, 0.3) is 104 Å². The molecule has 0 fully saturated rings. The van der Waals surface area contributed by atoms with Gasteiger partial charge < -0.3 is 14.4 Å². The van der Waals surface area contributed by atoms with E-state index in [1.165, 1.54) is 70.1 Å². The third-order valence-corrected chi connectivity index (χ3v) is 18.0. The lowest BCUT2D eigenvalue weighted by atomic mass is 9.33. The lowest BCUT2D eigenvalue weighted by molar-refractivity contribution is 1.07. The Morgan fingerprint density at radius 1 is 0.325 bits per heavy atom. The molecule has 0 N–H and O–H groups in total. The van der Waals surface area contributed by atoms with E-state index in [-0.39, 0.29) is 6.71 Å². The maximum atomic E-state index is 5.29. The number of fused-ring (bicyclic) bond motifs is 11. The fourth-order valence-electron chi connectivity index (χ4n) is 13.2. The van der Waals surface area contributed by atoms with Gasteiger partial charge in [-0.1, -0.05) is 200 Å². The zero-order valence-electron chi connectivity index (χ0n) is 44.8. The molecule has 2 aliphatic rings. The van der Waals surface area contributed by atoms with Crippen LogP contribution in [-0.4, -0.2) is 26.2 Å². The van der Waals surface area contributed by atoms with E-state index in [2.05, 4.69) is 263 Å². The monoisotopic (exact) mass is 1070 g/mol. The first-order chi connectivity index (χ1) is 41.2. The number of thiophene rings is 1. The van der Waals surface area contributed by atoms with Gasteiger partial charge in [0.2, 0.25) is 0 Å². The van der Waals surface area contributed by atoms with E-state index in [0.717, 1.165) is 67.0 Å². The van der Waals surface area contributed by atoms with Gasteiger partial charge in [0.25, 0.3) is 6.71 Å². The molecule has 5 heterocycles. The Morgan fingerprint density at radius 2 is 0.855 bits per heavy atom. The molecule has 3 aromatic heterocycles. The molecular formula is C75H47BN6S. The fraction of sp³-hybridized carbons (Fsp3) is 0. The summed E-state index contributed by atoms with van der Waals surface area (Å²) in [5, 5.41) is 5.04. The van der Waals surface area contributed by atoms with Crippen LogP contribution < -0.4 is 26.2 Å². The minimum atomic E-state index is -0.0247. The van der Waals surface area contributed by atoms with E-state index >= 15 is 0 Å². The summed E-state index contributed by atoms with van der Waals surface area (Å²) in [6.07, 6.45) is 0. The van der Waals surface area contributed by atoms with Crippen molar-refractivity contribution in [2.75, 3.05) is 9.80 Å². The Kier molecular flexibility index (Phi) is 10.8. The Bertz CT molecular complexity index is 4990. The van der Waals surface area contributed by atoms with Gasteiger partial charge in [-0.15, -0.1) is 11.3 Å². The number of hydrogen-bond donors (Lipinski definition) is 0. The fourth-order valence-corrected chi connectivity index (χ4v) is 14.5. The quantitative estimate of drug-likeness (QED) is 0.142. The van der Waals surface area contributed by atoms with E-state index in [0.29, 0.717) is 17.5 Å². The summed E-state index contributed by atoms with van der Waals surface area (Å²) in [6.45, 7) is -0.0247. The van der Waals surface area contributed by atoms with Gasteiger partial charge in [0, 0.05) is 87.2 Å². The third-order valence-electron chi connectivity index (χ3n) is 16.8. The van der Waals surface area contributed by atoms with Gasteiger partial charge in [0.1, 0.15) is 0 Å². The van der Waals surface area contributed by atoms with Crippen molar-refractivity contribution in [3.63, 3.8) is 0 Å². The van der Waals surface area contributed by atoms with Gasteiger partial charge >= 0.3 is 0 Å². The van der Waals surface area contributed by atoms with Crippen LogP contribution >= 0.6 is 11.3 Å². The number of anilines is 6. The average Bonchev–Trinajstić information content (AvgIpc) is 2.92. The van der Waals surface area contributed by atoms with Gasteiger partial charge in [0.15, 0.2) is 17.5 Å². The zero-order valence-corrected chi connectivity index (χ0v) is 45.6. The second kappa shape index (κ2) is 19.0. The molecule has 0 atom stereocenters. The molecule has 6 nitrogen and oxygen atoms in total. The number of nitrogens with zero attached hydrogens (tertiary/aromatic N) is 6. The van der Waals surface area contributed by atoms with Crippen LogP contribution in [0.4, 0.5) is 34.1 Å². The molecule has 0 bridgehead atoms. The molecule has 0 radical (unpaired) electrons. The lowest BCUT2D eigenvalue weighted by Gasteiger charge is -2.45. The van der Waals surface area contributed by atoms with Crippen molar-refractivity contribution in [3.05, 3.63) is 285 Å². The van der Waals surface area contributed by atoms with Crippen LogP contribution in [-0.2, 0) is 0 Å². The van der Waals surface area contributed by atoms with Crippen LogP contribution in [0.3, 0.4) is 0 Å². The maximum Gasteiger partial charge on any atom is 0.252 e. The Morgan fingerprint density at radius 3 is 1.54 bits per heavy atom. The highest BCUT2D eigenvalue weighted by Gasteiger charge is 2.44. The normalized spacial score (nSPS) is 12.5. The molecule has 386 valence electrons. The van der Waals surface area contributed by atoms with Crippen molar-refractivity contribution in [3.8, 4) is 62.1 Å². The summed E-state index contributed by atoms with van der Waals surface area (Å²) in [5.41, 5.74) is 21.2. The predicted molar refractivity (Wildman–Crippen MR) is 348 cm³/mol. The minimum Gasteiger partial charge on any atom is -0.311 e. The molecule has 0 amide bonds. The summed E-state index contributed by atoms with van der Waals surface area (Å²) in [4.78, 5) is 20.6. The first kappa shape index (κ1) is 47.2. The smallest absolute Gasteiger partial charge is 0.252 e. The highest BCUT2D eigenvalue weighted by atomic mass is 32.1. The topological polar surface area (TPSA) is 50.1 Å². The lowest BCUT2D eigenvalue weighted by Crippen LogP contribution is -2.61. The van der Waals surface area contributed by atoms with E-state index < -0.39 is 0 Å². The number of hydrogen-bond acceptors (Lipinski definition) is 6. The molecule has 0 unspecified atom stereocenters. The summed E-state index contributed by atoms with van der Waals surface area (Å²) < 4.78 is 5.06. The highest BCUT2D eigenvalue weighted by Crippen LogP contribution is 2.50. The van der Waals surface area contributed by atoms with Crippen LogP contribution in [0.2, 0.25) is 0 Å². The molecule has 8 heteroatoms. The Hall–Kier alpha value is -10.7. The molecule has 0 saturated heterocycles. The number of aromatic nitrogens is 4. The van der Waals surface area contributed by atoms with Gasteiger partial charge in [-0.3, -0.25) is 0 Å². The molecule has 17 rings (SSSR count). The maximum absolute atomic E-state index is 5.29. The summed E-state index contributed by atoms with van der Waals surface area (Å²) in [6, 6.07) is 103. The molecular weight excluding hydrogens is 1030 g/mol. The van der Waals surface area contributed by atoms with Crippen molar-refractivity contribution < 1.29 is 0 Å². The molecule has 83 heavy (non-hydrogen) atoms. The van der Waals surface area contributed by atoms with Crippen LogP contribution in [0.1, 0.15) is 0 Å². The number of benzene rings is 12. The molecule has 2 aliphatic heterocycles. The number of rotatable bonds is 8. The second-order valence-electron chi connectivity index (χ2n) is 21.4. The predicted octanol–water partition coefficient (Wildman–Crippen LogP) is 17.8. The summed E-state index contributed by atoms with van der Waals surface area (Å²) in [5.74, 6) is 1.84. The van der Waals surface area contributed by atoms with Gasteiger partial charge in [-0.2, -0.15) is 0 Å². The van der Waals surface area contributed by atoms with E-state index in [9.17, 15) is 0 Å². The van der Waals surface area contributed by atoms with E-state index in [1.54, 1.807) is 0 Å². The van der Waals surface area contributed by atoms with Gasteiger partial charge in [-0.25, -0.2) is 15.0 Å². The average molecular weight is 1080 g/mol. The van der Waals surface area contributed by atoms with Gasteiger partial charge in [0.05, 0.1) is 22.4 Å². The minimum absolute atomic E-state index is 0.0247. The molecule has 0 spiro atoms. The summed E-state index contributed by atoms with van der Waals surface area (Å²) in [7, 11) is 0. The van der Waals surface area contributed by atoms with Crippen LogP contribution in [0.15, 0.2) is 285 Å².